The van der Waals surface area contributed by atoms with Crippen molar-refractivity contribution in [2.45, 2.75) is 39.2 Å². The molecule has 0 aliphatic carbocycles. The van der Waals surface area contributed by atoms with Crippen LogP contribution in [0.3, 0.4) is 0 Å². The highest BCUT2D eigenvalue weighted by Gasteiger charge is 2.24. The number of piperidine rings is 1. The molecule has 2 saturated heterocycles. The van der Waals surface area contributed by atoms with Gasteiger partial charge in [0.05, 0.1) is 5.69 Å². The molecular weight excluding hydrogens is 368 g/mol. The van der Waals surface area contributed by atoms with Gasteiger partial charge in [-0.2, -0.15) is 0 Å². The molecule has 150 valence electrons. The number of amides is 1. The molecule has 1 amide bonds. The summed E-state index contributed by atoms with van der Waals surface area (Å²) in [6, 6.07) is 8.04. The van der Waals surface area contributed by atoms with E-state index in [1.165, 1.54) is 43.6 Å². The number of aromatic nitrogens is 1. The van der Waals surface area contributed by atoms with Crippen molar-refractivity contribution < 1.29 is 4.79 Å². The molecule has 5 nitrogen and oxygen atoms in total. The number of hydrogen-bond donors (Lipinski definition) is 0. The van der Waals surface area contributed by atoms with Crippen molar-refractivity contribution >= 4 is 22.4 Å². The number of benzene rings is 1. The van der Waals surface area contributed by atoms with Crippen molar-refractivity contribution in [2.75, 3.05) is 44.2 Å². The number of anilines is 1. The first-order chi connectivity index (χ1) is 13.7. The summed E-state index contributed by atoms with van der Waals surface area (Å²) in [4.78, 5) is 24.4. The van der Waals surface area contributed by atoms with E-state index in [2.05, 4.69) is 34.2 Å². The van der Waals surface area contributed by atoms with Crippen LogP contribution in [0.5, 0.6) is 0 Å². The lowest BCUT2D eigenvalue weighted by Crippen LogP contribution is -2.48. The van der Waals surface area contributed by atoms with Crippen LogP contribution in [0.2, 0.25) is 0 Å². The van der Waals surface area contributed by atoms with Crippen LogP contribution < -0.4 is 4.90 Å². The monoisotopic (exact) mass is 398 g/mol. The Morgan fingerprint density at radius 3 is 2.39 bits per heavy atom. The zero-order valence-corrected chi connectivity index (χ0v) is 17.6. The predicted octanol–water partition coefficient (Wildman–Crippen LogP) is 3.65. The summed E-state index contributed by atoms with van der Waals surface area (Å²) in [6.45, 7) is 8.74. The molecule has 4 rings (SSSR count). The number of carbonyl (C=O) groups excluding carboxylic acids is 1. The summed E-state index contributed by atoms with van der Waals surface area (Å²) >= 11 is 1.74. The third kappa shape index (κ3) is 4.55. The van der Waals surface area contributed by atoms with Gasteiger partial charge < -0.3 is 9.80 Å². The zero-order chi connectivity index (χ0) is 19.3. The highest BCUT2D eigenvalue weighted by molar-refractivity contribution is 7.13. The van der Waals surface area contributed by atoms with E-state index in [9.17, 15) is 4.79 Å². The standard InChI is InChI=1S/C22H30N4OS/c1-2-18-6-8-19(9-7-18)21(27)25-12-14-26(15-13-25)22-23-20(17-28-22)16-24-10-4-3-5-11-24/h6-9,17H,2-5,10-16H2,1H3. The van der Waals surface area contributed by atoms with E-state index < -0.39 is 0 Å². The summed E-state index contributed by atoms with van der Waals surface area (Å²) in [5, 5.41) is 3.31. The molecule has 0 N–H and O–H groups in total. The van der Waals surface area contributed by atoms with Gasteiger partial charge in [0.1, 0.15) is 0 Å². The van der Waals surface area contributed by atoms with Gasteiger partial charge in [0.15, 0.2) is 5.13 Å². The average Bonchev–Trinajstić information content (AvgIpc) is 3.22. The Morgan fingerprint density at radius 1 is 1.00 bits per heavy atom. The summed E-state index contributed by atoms with van der Waals surface area (Å²) in [5.41, 5.74) is 3.26. The van der Waals surface area contributed by atoms with Crippen molar-refractivity contribution in [2.24, 2.45) is 0 Å². The minimum atomic E-state index is 0.146. The maximum absolute atomic E-state index is 12.8. The quantitative estimate of drug-likeness (QED) is 0.771. The molecule has 6 heteroatoms. The second kappa shape index (κ2) is 9.05. The van der Waals surface area contributed by atoms with Crippen molar-refractivity contribution in [1.82, 2.24) is 14.8 Å². The smallest absolute Gasteiger partial charge is 0.253 e. The van der Waals surface area contributed by atoms with Gasteiger partial charge >= 0.3 is 0 Å². The molecule has 2 aliphatic heterocycles. The van der Waals surface area contributed by atoms with Gasteiger partial charge in [-0.1, -0.05) is 25.5 Å². The first-order valence-corrected chi connectivity index (χ1v) is 11.4. The first kappa shape index (κ1) is 19.4. The van der Waals surface area contributed by atoms with E-state index in [1.807, 2.05) is 17.0 Å². The number of thiazole rings is 1. The lowest BCUT2D eigenvalue weighted by molar-refractivity contribution is 0.0746. The molecule has 0 bridgehead atoms. The van der Waals surface area contributed by atoms with Crippen molar-refractivity contribution in [3.05, 3.63) is 46.5 Å². The topological polar surface area (TPSA) is 39.7 Å². The SMILES string of the molecule is CCc1ccc(C(=O)N2CCN(c3nc(CN4CCCCC4)cs3)CC2)cc1. The molecule has 1 aromatic heterocycles. The highest BCUT2D eigenvalue weighted by atomic mass is 32.1. The number of likely N-dealkylation sites (tertiary alicyclic amines) is 1. The Hall–Kier alpha value is -1.92. The van der Waals surface area contributed by atoms with E-state index in [0.29, 0.717) is 0 Å². The van der Waals surface area contributed by atoms with Crippen LogP contribution in [0.25, 0.3) is 0 Å². The summed E-state index contributed by atoms with van der Waals surface area (Å²) in [7, 11) is 0. The third-order valence-corrected chi connectivity index (χ3v) is 6.77. The average molecular weight is 399 g/mol. The zero-order valence-electron chi connectivity index (χ0n) is 16.8. The number of nitrogens with zero attached hydrogens (tertiary/aromatic N) is 4. The number of piperazine rings is 1. The maximum Gasteiger partial charge on any atom is 0.253 e. The molecule has 2 aliphatic rings. The fraction of sp³-hybridized carbons (Fsp3) is 0.545. The molecule has 3 heterocycles. The maximum atomic E-state index is 12.8. The van der Waals surface area contributed by atoms with Gasteiger partial charge in [-0.15, -0.1) is 11.3 Å². The van der Waals surface area contributed by atoms with Crippen molar-refractivity contribution in [3.63, 3.8) is 0 Å². The van der Waals surface area contributed by atoms with Crippen LogP contribution >= 0.6 is 11.3 Å². The van der Waals surface area contributed by atoms with Gasteiger partial charge in [0, 0.05) is 43.7 Å². The minimum Gasteiger partial charge on any atom is -0.345 e. The lowest BCUT2D eigenvalue weighted by atomic mass is 10.1. The fourth-order valence-corrected chi connectivity index (χ4v) is 4.90. The molecule has 28 heavy (non-hydrogen) atoms. The van der Waals surface area contributed by atoms with E-state index in [4.69, 9.17) is 4.98 Å². The third-order valence-electron chi connectivity index (χ3n) is 5.82. The van der Waals surface area contributed by atoms with Gasteiger partial charge in [0.2, 0.25) is 0 Å². The Bertz CT molecular complexity index is 774. The van der Waals surface area contributed by atoms with E-state index in [1.54, 1.807) is 11.3 Å². The number of carbonyl (C=O) groups is 1. The molecule has 0 radical (unpaired) electrons. The number of aryl methyl sites for hydroxylation is 1. The predicted molar refractivity (Wildman–Crippen MR) is 115 cm³/mol. The molecule has 2 aromatic rings. The Labute approximate surface area is 172 Å². The molecule has 0 spiro atoms. The van der Waals surface area contributed by atoms with E-state index >= 15 is 0 Å². The van der Waals surface area contributed by atoms with Crippen molar-refractivity contribution in [1.29, 1.82) is 0 Å². The van der Waals surface area contributed by atoms with Crippen LogP contribution in [-0.2, 0) is 13.0 Å². The number of hydrogen-bond acceptors (Lipinski definition) is 5. The van der Waals surface area contributed by atoms with Crippen molar-refractivity contribution in [3.8, 4) is 0 Å². The molecule has 0 unspecified atom stereocenters. The molecular formula is C22H30N4OS. The first-order valence-electron chi connectivity index (χ1n) is 10.5. The molecule has 0 atom stereocenters. The van der Waals surface area contributed by atoms with Crippen LogP contribution in [0, 0.1) is 0 Å². The Kier molecular flexibility index (Phi) is 6.27. The Balaban J connectivity index is 1.30. The number of rotatable bonds is 5. The molecule has 0 saturated carbocycles. The second-order valence-electron chi connectivity index (χ2n) is 7.79. The summed E-state index contributed by atoms with van der Waals surface area (Å²) < 4.78 is 0. The highest BCUT2D eigenvalue weighted by Crippen LogP contribution is 2.24. The van der Waals surface area contributed by atoms with Gasteiger partial charge in [-0.05, 0) is 50.0 Å². The van der Waals surface area contributed by atoms with E-state index in [-0.39, 0.29) is 5.91 Å². The largest absolute Gasteiger partial charge is 0.345 e. The summed E-state index contributed by atoms with van der Waals surface area (Å²) in [5.74, 6) is 0.146. The van der Waals surface area contributed by atoms with Crippen LogP contribution in [0.1, 0.15) is 47.8 Å². The molecule has 1 aromatic carbocycles. The second-order valence-corrected chi connectivity index (χ2v) is 8.62. The van der Waals surface area contributed by atoms with Gasteiger partial charge in [-0.3, -0.25) is 9.69 Å². The molecule has 2 fully saturated rings. The fourth-order valence-electron chi connectivity index (χ4n) is 4.03. The van der Waals surface area contributed by atoms with Crippen LogP contribution in [0.4, 0.5) is 5.13 Å². The minimum absolute atomic E-state index is 0.146. The Morgan fingerprint density at radius 2 is 1.71 bits per heavy atom. The normalized spacial score (nSPS) is 18.5. The van der Waals surface area contributed by atoms with Gasteiger partial charge in [-0.25, -0.2) is 4.98 Å². The van der Waals surface area contributed by atoms with Crippen LogP contribution in [-0.4, -0.2) is 60.0 Å². The van der Waals surface area contributed by atoms with E-state index in [0.717, 1.165) is 49.8 Å². The lowest BCUT2D eigenvalue weighted by Gasteiger charge is -2.34. The van der Waals surface area contributed by atoms with Crippen LogP contribution in [0.15, 0.2) is 29.6 Å². The summed E-state index contributed by atoms with van der Waals surface area (Å²) in [6.07, 6.45) is 4.99. The van der Waals surface area contributed by atoms with Gasteiger partial charge in [0.25, 0.3) is 5.91 Å².